The minimum Gasteiger partial charge on any atom is -0.486 e. The van der Waals surface area contributed by atoms with Crippen molar-refractivity contribution >= 4 is 50.7 Å². The molecule has 0 saturated heterocycles. The predicted molar refractivity (Wildman–Crippen MR) is 149 cm³/mol. The van der Waals surface area contributed by atoms with Gasteiger partial charge in [0.2, 0.25) is 21.8 Å². The predicted octanol–water partition coefficient (Wildman–Crippen LogP) is 4.11. The number of nitrogens with zero attached hydrogens (tertiary/aromatic N) is 2. The average molecular weight is 587 g/mol. The molecule has 12 heteroatoms. The first-order valence-electron chi connectivity index (χ1n) is 12.3. The number of ether oxygens (including phenoxy) is 2. The van der Waals surface area contributed by atoms with E-state index in [0.717, 1.165) is 10.6 Å². The molecule has 0 aliphatic carbocycles. The van der Waals surface area contributed by atoms with Gasteiger partial charge in [-0.05, 0) is 36.6 Å². The molecule has 0 radical (unpaired) electrons. The van der Waals surface area contributed by atoms with Crippen LogP contribution in [0.4, 0.5) is 5.69 Å². The molecule has 3 rings (SSSR count). The van der Waals surface area contributed by atoms with Crippen molar-refractivity contribution in [2.45, 2.75) is 39.8 Å². The summed E-state index contributed by atoms with van der Waals surface area (Å²) in [5.74, 6) is 0.141. The van der Waals surface area contributed by atoms with E-state index in [-0.39, 0.29) is 24.1 Å². The summed E-state index contributed by atoms with van der Waals surface area (Å²) in [6, 6.07) is 8.75. The maximum absolute atomic E-state index is 13.8. The van der Waals surface area contributed by atoms with Crippen LogP contribution in [0.5, 0.6) is 11.5 Å². The third kappa shape index (κ3) is 7.45. The summed E-state index contributed by atoms with van der Waals surface area (Å²) in [5.41, 5.74) is 0.697. The molecule has 1 atom stereocenters. The second kappa shape index (κ2) is 12.9. The quantitative estimate of drug-likeness (QED) is 0.425. The summed E-state index contributed by atoms with van der Waals surface area (Å²) < 4.78 is 37.8. The molecule has 0 bridgehead atoms. The zero-order valence-electron chi connectivity index (χ0n) is 21.9. The molecule has 1 heterocycles. The minimum absolute atomic E-state index is 0.0797. The fourth-order valence-corrected chi connectivity index (χ4v) is 5.36. The van der Waals surface area contributed by atoms with Crippen molar-refractivity contribution in [3.8, 4) is 11.5 Å². The zero-order chi connectivity index (χ0) is 28.0. The molecule has 0 spiro atoms. The number of sulfonamides is 1. The van der Waals surface area contributed by atoms with Gasteiger partial charge in [0.25, 0.3) is 0 Å². The van der Waals surface area contributed by atoms with Gasteiger partial charge in [-0.2, -0.15) is 0 Å². The fourth-order valence-electron chi connectivity index (χ4n) is 4.00. The van der Waals surface area contributed by atoms with Crippen LogP contribution < -0.4 is 19.1 Å². The number of benzene rings is 2. The van der Waals surface area contributed by atoms with Crippen LogP contribution in [0.3, 0.4) is 0 Å². The highest BCUT2D eigenvalue weighted by molar-refractivity contribution is 7.92. The monoisotopic (exact) mass is 585 g/mol. The van der Waals surface area contributed by atoms with E-state index in [1.165, 1.54) is 11.0 Å². The Kier molecular flexibility index (Phi) is 10.1. The standard InChI is InChI=1S/C26H33Cl2N3O6S/c1-5-22(26(33)29-14-17(2)3)30(15-19-20(27)7-6-8-21(19)28)25(32)16-31(38(4,34)35)18-9-10-23-24(13-18)37-12-11-36-23/h6-10,13,17,22H,5,11-12,14-16H2,1-4H3,(H,29,33)/t22-/m0/s1. The molecule has 1 aliphatic rings. The van der Waals surface area contributed by atoms with Crippen LogP contribution in [-0.2, 0) is 26.2 Å². The minimum atomic E-state index is -3.90. The van der Waals surface area contributed by atoms with Gasteiger partial charge in [0.1, 0.15) is 25.8 Å². The van der Waals surface area contributed by atoms with Gasteiger partial charge in [0.05, 0.1) is 11.9 Å². The van der Waals surface area contributed by atoms with E-state index in [1.807, 2.05) is 13.8 Å². The number of nitrogens with one attached hydrogen (secondary N) is 1. The van der Waals surface area contributed by atoms with Crippen LogP contribution >= 0.6 is 23.2 Å². The van der Waals surface area contributed by atoms with Gasteiger partial charge < -0.3 is 19.7 Å². The van der Waals surface area contributed by atoms with E-state index in [0.29, 0.717) is 53.3 Å². The van der Waals surface area contributed by atoms with E-state index in [9.17, 15) is 18.0 Å². The van der Waals surface area contributed by atoms with Crippen LogP contribution in [-0.4, -0.2) is 63.7 Å². The van der Waals surface area contributed by atoms with Gasteiger partial charge in [0.15, 0.2) is 11.5 Å². The third-order valence-corrected chi connectivity index (χ3v) is 7.80. The van der Waals surface area contributed by atoms with Crippen LogP contribution in [0.25, 0.3) is 0 Å². The molecule has 2 amide bonds. The van der Waals surface area contributed by atoms with Crippen molar-refractivity contribution in [2.24, 2.45) is 5.92 Å². The second-order valence-corrected chi connectivity index (χ2v) is 12.1. The van der Waals surface area contributed by atoms with Gasteiger partial charge in [-0.25, -0.2) is 8.42 Å². The number of amides is 2. The number of hydrogen-bond donors (Lipinski definition) is 1. The van der Waals surface area contributed by atoms with Crippen molar-refractivity contribution in [3.05, 3.63) is 52.0 Å². The van der Waals surface area contributed by atoms with Crippen LogP contribution in [0.1, 0.15) is 32.8 Å². The van der Waals surface area contributed by atoms with Gasteiger partial charge in [0, 0.05) is 34.8 Å². The molecule has 0 saturated carbocycles. The van der Waals surface area contributed by atoms with E-state index in [2.05, 4.69) is 5.32 Å². The smallest absolute Gasteiger partial charge is 0.244 e. The summed E-state index contributed by atoms with van der Waals surface area (Å²) in [6.45, 7) is 6.22. The highest BCUT2D eigenvalue weighted by Crippen LogP contribution is 2.35. The number of carbonyl (C=O) groups excluding carboxylic acids is 2. The Labute approximate surface area is 234 Å². The molecule has 0 fully saturated rings. The lowest BCUT2D eigenvalue weighted by atomic mass is 10.1. The summed E-state index contributed by atoms with van der Waals surface area (Å²) in [5, 5.41) is 3.54. The van der Waals surface area contributed by atoms with Crippen molar-refractivity contribution in [1.29, 1.82) is 0 Å². The highest BCUT2D eigenvalue weighted by Gasteiger charge is 2.33. The van der Waals surface area contributed by atoms with Crippen molar-refractivity contribution < 1.29 is 27.5 Å². The lowest BCUT2D eigenvalue weighted by Gasteiger charge is -2.33. The summed E-state index contributed by atoms with van der Waals surface area (Å²) in [6.07, 6.45) is 1.31. The van der Waals surface area contributed by atoms with Gasteiger partial charge in [-0.15, -0.1) is 0 Å². The molecule has 208 valence electrons. The van der Waals surface area contributed by atoms with Crippen molar-refractivity contribution in [2.75, 3.05) is 36.9 Å². The van der Waals surface area contributed by atoms with Gasteiger partial charge in [-0.1, -0.05) is 50.0 Å². The van der Waals surface area contributed by atoms with E-state index >= 15 is 0 Å². The maximum atomic E-state index is 13.8. The Hall–Kier alpha value is -2.69. The Morgan fingerprint density at radius 2 is 1.68 bits per heavy atom. The van der Waals surface area contributed by atoms with E-state index in [4.69, 9.17) is 32.7 Å². The first-order chi connectivity index (χ1) is 17.9. The first-order valence-corrected chi connectivity index (χ1v) is 14.9. The molecule has 0 unspecified atom stereocenters. The van der Waals surface area contributed by atoms with Crippen LogP contribution in [0.15, 0.2) is 36.4 Å². The Morgan fingerprint density at radius 3 is 2.26 bits per heavy atom. The number of rotatable bonds is 11. The molecule has 1 aliphatic heterocycles. The molecule has 0 aromatic heterocycles. The van der Waals surface area contributed by atoms with Gasteiger partial charge >= 0.3 is 0 Å². The molecule has 1 N–H and O–H groups in total. The van der Waals surface area contributed by atoms with E-state index in [1.54, 1.807) is 37.3 Å². The summed E-state index contributed by atoms with van der Waals surface area (Å²) in [4.78, 5) is 28.3. The fraction of sp³-hybridized carbons (Fsp3) is 0.462. The Morgan fingerprint density at radius 1 is 1.05 bits per heavy atom. The largest absolute Gasteiger partial charge is 0.486 e. The van der Waals surface area contributed by atoms with E-state index < -0.39 is 28.5 Å². The van der Waals surface area contributed by atoms with Crippen LogP contribution in [0, 0.1) is 5.92 Å². The number of fused-ring (bicyclic) bond motifs is 1. The summed E-state index contributed by atoms with van der Waals surface area (Å²) >= 11 is 12.8. The number of hydrogen-bond acceptors (Lipinski definition) is 6. The highest BCUT2D eigenvalue weighted by atomic mass is 35.5. The lowest BCUT2D eigenvalue weighted by Crippen LogP contribution is -2.52. The average Bonchev–Trinajstić information content (AvgIpc) is 2.86. The molecular weight excluding hydrogens is 553 g/mol. The topological polar surface area (TPSA) is 105 Å². The number of anilines is 1. The van der Waals surface area contributed by atoms with Gasteiger partial charge in [-0.3, -0.25) is 13.9 Å². The zero-order valence-corrected chi connectivity index (χ0v) is 24.2. The number of carbonyl (C=O) groups is 2. The van der Waals surface area contributed by atoms with Crippen molar-refractivity contribution in [1.82, 2.24) is 10.2 Å². The molecular formula is C26H33Cl2N3O6S. The maximum Gasteiger partial charge on any atom is 0.244 e. The Bertz CT molecular complexity index is 1250. The third-order valence-electron chi connectivity index (χ3n) is 5.95. The molecule has 9 nitrogen and oxygen atoms in total. The molecule has 2 aromatic rings. The number of halogens is 2. The Balaban J connectivity index is 1.98. The molecule has 38 heavy (non-hydrogen) atoms. The first kappa shape index (κ1) is 29.9. The lowest BCUT2D eigenvalue weighted by molar-refractivity contribution is -0.140. The summed E-state index contributed by atoms with van der Waals surface area (Å²) in [7, 11) is -3.90. The second-order valence-electron chi connectivity index (χ2n) is 9.38. The van der Waals surface area contributed by atoms with Crippen molar-refractivity contribution in [3.63, 3.8) is 0 Å². The van der Waals surface area contributed by atoms with Crippen LogP contribution in [0.2, 0.25) is 10.0 Å². The SMILES string of the molecule is CC[C@@H](C(=O)NCC(C)C)N(Cc1c(Cl)cccc1Cl)C(=O)CN(c1ccc2c(c1)OCCO2)S(C)(=O)=O. The normalized spacial score (nSPS) is 13.7. The molecule has 2 aromatic carbocycles.